The SMILES string of the molecule is O/N=C(/c1cccc(/C(=N\O)N2CC2)c1)N1CC1. The van der Waals surface area contributed by atoms with Gasteiger partial charge in [0.05, 0.1) is 0 Å². The van der Waals surface area contributed by atoms with Crippen LogP contribution in [0.5, 0.6) is 0 Å². The van der Waals surface area contributed by atoms with Crippen molar-refractivity contribution in [3.63, 3.8) is 0 Å². The summed E-state index contributed by atoms with van der Waals surface area (Å²) in [6.45, 7) is 3.65. The van der Waals surface area contributed by atoms with E-state index in [0.29, 0.717) is 11.7 Å². The lowest BCUT2D eigenvalue weighted by Crippen LogP contribution is -2.16. The normalized spacial score (nSPS) is 19.1. The van der Waals surface area contributed by atoms with Gasteiger partial charge in [-0.1, -0.05) is 28.5 Å². The summed E-state index contributed by atoms with van der Waals surface area (Å²) < 4.78 is 0. The first kappa shape index (κ1) is 10.9. The van der Waals surface area contributed by atoms with Crippen LogP contribution in [0.1, 0.15) is 11.1 Å². The number of amidine groups is 2. The number of benzene rings is 1. The minimum atomic E-state index is 0.569. The average Bonchev–Trinajstić information content (AvgIpc) is 3.25. The molecule has 0 atom stereocenters. The second-order valence-electron chi connectivity index (χ2n) is 4.40. The Hall–Kier alpha value is -2.24. The predicted molar refractivity (Wildman–Crippen MR) is 66.2 cm³/mol. The smallest absolute Gasteiger partial charge is 0.175 e. The molecule has 2 N–H and O–H groups in total. The second kappa shape index (κ2) is 4.21. The van der Waals surface area contributed by atoms with E-state index in [0.717, 1.165) is 37.3 Å². The third-order valence-corrected chi connectivity index (χ3v) is 3.06. The molecule has 2 heterocycles. The monoisotopic (exact) mass is 246 g/mol. The number of nitrogens with zero attached hydrogens (tertiary/aromatic N) is 4. The fraction of sp³-hybridized carbons (Fsp3) is 0.333. The Balaban J connectivity index is 1.93. The highest BCUT2D eigenvalue weighted by atomic mass is 16.4. The maximum atomic E-state index is 9.05. The molecule has 0 radical (unpaired) electrons. The first-order valence-electron chi connectivity index (χ1n) is 5.88. The van der Waals surface area contributed by atoms with Gasteiger partial charge in [0.25, 0.3) is 0 Å². The van der Waals surface area contributed by atoms with Crippen molar-refractivity contribution < 1.29 is 10.4 Å². The fourth-order valence-electron chi connectivity index (χ4n) is 1.93. The van der Waals surface area contributed by atoms with E-state index in [9.17, 15) is 0 Å². The maximum absolute atomic E-state index is 9.05. The standard InChI is InChI=1S/C12H14N4O2/c17-13-11(15-4-5-15)9-2-1-3-10(8-9)12(14-18)16-6-7-16/h1-3,8,17-18H,4-7H2/b13-11-,14-12+. The summed E-state index contributed by atoms with van der Waals surface area (Å²) in [6.07, 6.45) is 0. The molecular weight excluding hydrogens is 232 g/mol. The Bertz CT molecular complexity index is 475. The summed E-state index contributed by atoms with van der Waals surface area (Å²) in [6, 6.07) is 7.51. The molecule has 2 aliphatic rings. The van der Waals surface area contributed by atoms with Gasteiger partial charge in [0.1, 0.15) is 0 Å². The third-order valence-electron chi connectivity index (χ3n) is 3.06. The van der Waals surface area contributed by atoms with E-state index in [2.05, 4.69) is 10.3 Å². The summed E-state index contributed by atoms with van der Waals surface area (Å²) in [7, 11) is 0. The molecule has 2 fully saturated rings. The van der Waals surface area contributed by atoms with Crippen LogP contribution in [0.25, 0.3) is 0 Å². The van der Waals surface area contributed by atoms with Gasteiger partial charge in [-0.15, -0.1) is 0 Å². The van der Waals surface area contributed by atoms with Crippen molar-refractivity contribution in [1.82, 2.24) is 9.80 Å². The molecule has 0 saturated carbocycles. The molecule has 6 heteroatoms. The molecule has 1 aromatic rings. The zero-order chi connectivity index (χ0) is 12.5. The second-order valence-corrected chi connectivity index (χ2v) is 4.40. The fourth-order valence-corrected chi connectivity index (χ4v) is 1.93. The average molecular weight is 246 g/mol. The Morgan fingerprint density at radius 1 is 0.889 bits per heavy atom. The van der Waals surface area contributed by atoms with E-state index in [1.807, 2.05) is 34.1 Å². The Morgan fingerprint density at radius 2 is 1.33 bits per heavy atom. The van der Waals surface area contributed by atoms with Crippen LogP contribution in [-0.4, -0.2) is 58.1 Å². The van der Waals surface area contributed by atoms with Crippen LogP contribution >= 0.6 is 0 Å². The van der Waals surface area contributed by atoms with Crippen molar-refractivity contribution in [2.45, 2.75) is 0 Å². The molecule has 1 aromatic carbocycles. The molecule has 2 saturated heterocycles. The molecule has 94 valence electrons. The van der Waals surface area contributed by atoms with Gasteiger partial charge in [0.2, 0.25) is 0 Å². The third kappa shape index (κ3) is 1.97. The molecule has 0 aromatic heterocycles. The lowest BCUT2D eigenvalue weighted by molar-refractivity contribution is 0.314. The zero-order valence-corrected chi connectivity index (χ0v) is 9.82. The van der Waals surface area contributed by atoms with Crippen LogP contribution in [0.4, 0.5) is 0 Å². The van der Waals surface area contributed by atoms with Crippen molar-refractivity contribution in [3.8, 4) is 0 Å². The Labute approximate surface area is 104 Å². The summed E-state index contributed by atoms with van der Waals surface area (Å²) >= 11 is 0. The van der Waals surface area contributed by atoms with Gasteiger partial charge in [-0.05, 0) is 6.07 Å². The lowest BCUT2D eigenvalue weighted by atomic mass is 10.1. The van der Waals surface area contributed by atoms with Gasteiger partial charge < -0.3 is 20.2 Å². The quantitative estimate of drug-likeness (QED) is 0.263. The highest BCUT2D eigenvalue weighted by Crippen LogP contribution is 2.18. The van der Waals surface area contributed by atoms with Crippen molar-refractivity contribution in [1.29, 1.82) is 0 Å². The van der Waals surface area contributed by atoms with Crippen molar-refractivity contribution in [3.05, 3.63) is 35.4 Å². The van der Waals surface area contributed by atoms with Gasteiger partial charge in [-0.25, -0.2) is 0 Å². The van der Waals surface area contributed by atoms with Crippen LogP contribution in [-0.2, 0) is 0 Å². The minimum absolute atomic E-state index is 0.569. The maximum Gasteiger partial charge on any atom is 0.175 e. The molecule has 0 spiro atoms. The predicted octanol–water partition coefficient (Wildman–Crippen LogP) is 0.589. The van der Waals surface area contributed by atoms with Crippen molar-refractivity contribution in [2.75, 3.05) is 26.2 Å². The van der Waals surface area contributed by atoms with Gasteiger partial charge in [0.15, 0.2) is 11.7 Å². The van der Waals surface area contributed by atoms with E-state index in [1.165, 1.54) is 0 Å². The molecule has 0 aliphatic carbocycles. The molecule has 0 amide bonds. The highest BCUT2D eigenvalue weighted by Gasteiger charge is 2.27. The Morgan fingerprint density at radius 3 is 1.67 bits per heavy atom. The summed E-state index contributed by atoms with van der Waals surface area (Å²) in [5.41, 5.74) is 1.66. The van der Waals surface area contributed by atoms with Gasteiger partial charge in [-0.2, -0.15) is 0 Å². The van der Waals surface area contributed by atoms with E-state index in [-0.39, 0.29) is 0 Å². The summed E-state index contributed by atoms with van der Waals surface area (Å²) in [5.74, 6) is 1.14. The first-order chi connectivity index (χ1) is 8.83. The lowest BCUT2D eigenvalue weighted by Gasteiger charge is -2.09. The molecular formula is C12H14N4O2. The molecule has 2 aliphatic heterocycles. The number of oxime groups is 2. The van der Waals surface area contributed by atoms with E-state index in [1.54, 1.807) is 0 Å². The van der Waals surface area contributed by atoms with Crippen molar-refractivity contribution >= 4 is 11.7 Å². The minimum Gasteiger partial charge on any atom is -0.409 e. The van der Waals surface area contributed by atoms with Gasteiger partial charge in [0, 0.05) is 37.3 Å². The highest BCUT2D eigenvalue weighted by molar-refractivity contribution is 6.04. The van der Waals surface area contributed by atoms with Crippen molar-refractivity contribution in [2.24, 2.45) is 10.3 Å². The van der Waals surface area contributed by atoms with Crippen LogP contribution in [0.15, 0.2) is 34.6 Å². The van der Waals surface area contributed by atoms with Crippen LogP contribution in [0.2, 0.25) is 0 Å². The van der Waals surface area contributed by atoms with Crippen LogP contribution in [0.3, 0.4) is 0 Å². The van der Waals surface area contributed by atoms with Crippen LogP contribution < -0.4 is 0 Å². The summed E-state index contributed by atoms with van der Waals surface area (Å²) in [4.78, 5) is 3.93. The van der Waals surface area contributed by atoms with Crippen LogP contribution in [0, 0.1) is 0 Å². The van der Waals surface area contributed by atoms with E-state index in [4.69, 9.17) is 10.4 Å². The summed E-state index contributed by atoms with van der Waals surface area (Å²) in [5, 5.41) is 24.8. The number of hydrogen-bond donors (Lipinski definition) is 2. The topological polar surface area (TPSA) is 71.2 Å². The molecule has 3 rings (SSSR count). The number of rotatable bonds is 2. The molecule has 18 heavy (non-hydrogen) atoms. The Kier molecular flexibility index (Phi) is 2.55. The van der Waals surface area contributed by atoms with Gasteiger partial charge >= 0.3 is 0 Å². The molecule has 0 unspecified atom stereocenters. The first-order valence-corrected chi connectivity index (χ1v) is 5.88. The van der Waals surface area contributed by atoms with E-state index < -0.39 is 0 Å². The van der Waals surface area contributed by atoms with E-state index >= 15 is 0 Å². The zero-order valence-electron chi connectivity index (χ0n) is 9.82. The number of hydrogen-bond acceptors (Lipinski definition) is 4. The van der Waals surface area contributed by atoms with Gasteiger partial charge in [-0.3, -0.25) is 0 Å². The molecule has 0 bridgehead atoms. The largest absolute Gasteiger partial charge is 0.409 e. The molecule has 6 nitrogen and oxygen atoms in total.